The Morgan fingerprint density at radius 2 is 1.93 bits per heavy atom. The molecule has 3 rings (SSSR count). The monoisotopic (exact) mass is 404 g/mol. The van der Waals surface area contributed by atoms with Gasteiger partial charge in [0.15, 0.2) is 16.6 Å². The Morgan fingerprint density at radius 3 is 2.67 bits per heavy atom. The Morgan fingerprint density at radius 1 is 1.15 bits per heavy atom. The SMILES string of the molecule is COc1ccc(NC(=S)NCc2nc(-c3ccccc3Cl)no2)cc1OC. The van der Waals surface area contributed by atoms with Crippen molar-refractivity contribution in [3.8, 4) is 22.9 Å². The van der Waals surface area contributed by atoms with Gasteiger partial charge in [0.1, 0.15) is 0 Å². The van der Waals surface area contributed by atoms with E-state index in [9.17, 15) is 0 Å². The number of methoxy groups -OCH3 is 2. The zero-order valence-electron chi connectivity index (χ0n) is 14.7. The molecule has 0 atom stereocenters. The Labute approximate surface area is 166 Å². The average molecular weight is 405 g/mol. The molecule has 0 spiro atoms. The summed E-state index contributed by atoms with van der Waals surface area (Å²) in [7, 11) is 3.16. The summed E-state index contributed by atoms with van der Waals surface area (Å²) in [6, 6.07) is 12.7. The van der Waals surface area contributed by atoms with Gasteiger partial charge < -0.3 is 24.6 Å². The molecule has 0 amide bonds. The van der Waals surface area contributed by atoms with Gasteiger partial charge >= 0.3 is 0 Å². The molecule has 1 aromatic heterocycles. The van der Waals surface area contributed by atoms with E-state index < -0.39 is 0 Å². The number of hydrogen-bond donors (Lipinski definition) is 2. The number of hydrogen-bond acceptors (Lipinski definition) is 6. The molecule has 0 bridgehead atoms. The first kappa shape index (κ1) is 18.9. The van der Waals surface area contributed by atoms with Gasteiger partial charge in [-0.2, -0.15) is 4.98 Å². The molecule has 0 aliphatic heterocycles. The van der Waals surface area contributed by atoms with Crippen LogP contribution in [-0.4, -0.2) is 29.5 Å². The molecule has 0 aliphatic rings. The first-order valence-electron chi connectivity index (χ1n) is 7.95. The van der Waals surface area contributed by atoms with E-state index in [-0.39, 0.29) is 6.54 Å². The van der Waals surface area contributed by atoms with E-state index >= 15 is 0 Å². The lowest BCUT2D eigenvalue weighted by Crippen LogP contribution is -2.28. The Kier molecular flexibility index (Phi) is 6.10. The van der Waals surface area contributed by atoms with Crippen LogP contribution in [0, 0.1) is 0 Å². The van der Waals surface area contributed by atoms with Crippen molar-refractivity contribution in [2.24, 2.45) is 0 Å². The molecule has 2 aromatic carbocycles. The van der Waals surface area contributed by atoms with Gasteiger partial charge in [0.25, 0.3) is 0 Å². The first-order valence-corrected chi connectivity index (χ1v) is 8.73. The summed E-state index contributed by atoms with van der Waals surface area (Å²) in [5, 5.41) is 11.0. The van der Waals surface area contributed by atoms with Gasteiger partial charge in [-0.05, 0) is 36.5 Å². The van der Waals surface area contributed by atoms with Crippen molar-refractivity contribution in [2.75, 3.05) is 19.5 Å². The fraction of sp³-hybridized carbons (Fsp3) is 0.167. The van der Waals surface area contributed by atoms with Crippen LogP contribution in [0.5, 0.6) is 11.5 Å². The summed E-state index contributed by atoms with van der Waals surface area (Å²) in [5.41, 5.74) is 1.47. The van der Waals surface area contributed by atoms with Crippen molar-refractivity contribution in [2.45, 2.75) is 6.54 Å². The summed E-state index contributed by atoms with van der Waals surface area (Å²) in [6.45, 7) is 0.274. The van der Waals surface area contributed by atoms with Crippen LogP contribution >= 0.6 is 23.8 Å². The highest BCUT2D eigenvalue weighted by molar-refractivity contribution is 7.80. The maximum absolute atomic E-state index is 6.14. The van der Waals surface area contributed by atoms with Crippen LogP contribution in [0.15, 0.2) is 47.0 Å². The minimum atomic E-state index is 0.274. The summed E-state index contributed by atoms with van der Waals surface area (Å²) in [6.07, 6.45) is 0. The minimum absolute atomic E-state index is 0.274. The van der Waals surface area contributed by atoms with Gasteiger partial charge in [0.2, 0.25) is 11.7 Å². The highest BCUT2D eigenvalue weighted by Crippen LogP contribution is 2.29. The van der Waals surface area contributed by atoms with Crippen LogP contribution in [0.2, 0.25) is 5.02 Å². The fourth-order valence-electron chi connectivity index (χ4n) is 2.32. The van der Waals surface area contributed by atoms with E-state index in [4.69, 9.17) is 37.8 Å². The molecule has 1 heterocycles. The molecule has 0 radical (unpaired) electrons. The van der Waals surface area contributed by atoms with E-state index in [1.807, 2.05) is 24.3 Å². The highest BCUT2D eigenvalue weighted by Gasteiger charge is 2.12. The largest absolute Gasteiger partial charge is 0.493 e. The molecular weight excluding hydrogens is 388 g/mol. The normalized spacial score (nSPS) is 10.3. The van der Waals surface area contributed by atoms with Crippen molar-refractivity contribution < 1.29 is 14.0 Å². The molecule has 0 unspecified atom stereocenters. The number of ether oxygens (including phenoxy) is 2. The molecule has 0 fully saturated rings. The zero-order chi connectivity index (χ0) is 19.2. The van der Waals surface area contributed by atoms with E-state index in [2.05, 4.69) is 20.8 Å². The first-order chi connectivity index (χ1) is 13.1. The Balaban J connectivity index is 1.59. The van der Waals surface area contributed by atoms with Crippen molar-refractivity contribution >= 4 is 34.6 Å². The number of halogens is 1. The van der Waals surface area contributed by atoms with Gasteiger partial charge in [-0.1, -0.05) is 28.9 Å². The van der Waals surface area contributed by atoms with E-state index in [0.29, 0.717) is 38.9 Å². The highest BCUT2D eigenvalue weighted by atomic mass is 35.5. The standard InChI is InChI=1S/C18H17ClN4O3S/c1-24-14-8-7-11(9-15(14)25-2)21-18(27)20-10-16-22-17(23-26-16)12-5-3-4-6-13(12)19/h3-9H,10H2,1-2H3,(H2,20,21,27). The second kappa shape index (κ2) is 8.70. The number of aromatic nitrogens is 2. The van der Waals surface area contributed by atoms with Crippen molar-refractivity contribution in [3.63, 3.8) is 0 Å². The molecule has 140 valence electrons. The molecule has 9 heteroatoms. The number of nitrogens with zero attached hydrogens (tertiary/aromatic N) is 2. The number of thiocarbonyl (C=S) groups is 1. The van der Waals surface area contributed by atoms with Crippen LogP contribution in [0.4, 0.5) is 5.69 Å². The minimum Gasteiger partial charge on any atom is -0.493 e. The lowest BCUT2D eigenvalue weighted by Gasteiger charge is -2.12. The second-order valence-corrected chi connectivity index (χ2v) is 6.18. The molecule has 27 heavy (non-hydrogen) atoms. The van der Waals surface area contributed by atoms with Gasteiger partial charge in [0, 0.05) is 17.3 Å². The second-order valence-electron chi connectivity index (χ2n) is 5.37. The maximum atomic E-state index is 6.14. The molecule has 0 aliphatic carbocycles. The lowest BCUT2D eigenvalue weighted by atomic mass is 10.2. The smallest absolute Gasteiger partial charge is 0.246 e. The maximum Gasteiger partial charge on any atom is 0.246 e. The Hall–Kier alpha value is -2.84. The van der Waals surface area contributed by atoms with Crippen LogP contribution in [0.25, 0.3) is 11.4 Å². The van der Waals surface area contributed by atoms with Gasteiger partial charge in [-0.3, -0.25) is 0 Å². The molecule has 3 aromatic rings. The number of rotatable bonds is 6. The van der Waals surface area contributed by atoms with Crippen molar-refractivity contribution in [1.82, 2.24) is 15.5 Å². The molecule has 7 nitrogen and oxygen atoms in total. The predicted molar refractivity (Wildman–Crippen MR) is 107 cm³/mol. The van der Waals surface area contributed by atoms with Crippen LogP contribution in [-0.2, 0) is 6.54 Å². The van der Waals surface area contributed by atoms with E-state index in [1.54, 1.807) is 32.4 Å². The van der Waals surface area contributed by atoms with E-state index in [0.717, 1.165) is 5.69 Å². The summed E-state index contributed by atoms with van der Waals surface area (Å²) in [4.78, 5) is 4.32. The van der Waals surface area contributed by atoms with Crippen molar-refractivity contribution in [3.05, 3.63) is 53.4 Å². The Bertz CT molecular complexity index is 948. The summed E-state index contributed by atoms with van der Waals surface area (Å²) in [5.74, 6) is 2.06. The van der Waals surface area contributed by atoms with E-state index in [1.165, 1.54) is 0 Å². The zero-order valence-corrected chi connectivity index (χ0v) is 16.2. The number of anilines is 1. The van der Waals surface area contributed by atoms with Gasteiger partial charge in [-0.15, -0.1) is 0 Å². The van der Waals surface area contributed by atoms with Gasteiger partial charge in [0.05, 0.1) is 25.8 Å². The van der Waals surface area contributed by atoms with Crippen molar-refractivity contribution in [1.29, 1.82) is 0 Å². The third kappa shape index (κ3) is 4.66. The molecule has 2 N–H and O–H groups in total. The summed E-state index contributed by atoms with van der Waals surface area (Å²) >= 11 is 11.4. The third-order valence-corrected chi connectivity index (χ3v) is 4.20. The lowest BCUT2D eigenvalue weighted by molar-refractivity contribution is 0.355. The third-order valence-electron chi connectivity index (χ3n) is 3.62. The number of nitrogens with one attached hydrogen (secondary N) is 2. The van der Waals surface area contributed by atoms with Crippen LogP contribution in [0.1, 0.15) is 5.89 Å². The molecule has 0 saturated heterocycles. The molecule has 0 saturated carbocycles. The molecular formula is C18H17ClN4O3S. The van der Waals surface area contributed by atoms with Crippen LogP contribution < -0.4 is 20.1 Å². The average Bonchev–Trinajstić information content (AvgIpc) is 3.15. The van der Waals surface area contributed by atoms with Crippen LogP contribution in [0.3, 0.4) is 0 Å². The number of benzene rings is 2. The summed E-state index contributed by atoms with van der Waals surface area (Å²) < 4.78 is 15.7. The predicted octanol–water partition coefficient (Wildman–Crippen LogP) is 3.89. The quantitative estimate of drug-likeness (QED) is 0.599. The van der Waals surface area contributed by atoms with Gasteiger partial charge in [-0.25, -0.2) is 0 Å². The topological polar surface area (TPSA) is 81.4 Å². The fourth-order valence-corrected chi connectivity index (χ4v) is 2.73.